The van der Waals surface area contributed by atoms with E-state index in [1.165, 1.54) is 28.6 Å². The number of rotatable bonds is 5. The Morgan fingerprint density at radius 1 is 1.19 bits per heavy atom. The number of fused-ring (bicyclic) bond motifs is 1. The van der Waals surface area contributed by atoms with Crippen LogP contribution < -0.4 is 5.32 Å². The zero-order chi connectivity index (χ0) is 21.6. The number of aryl methyl sites for hydroxylation is 1. The van der Waals surface area contributed by atoms with E-state index in [-0.39, 0.29) is 11.4 Å². The predicted molar refractivity (Wildman–Crippen MR) is 113 cm³/mol. The summed E-state index contributed by atoms with van der Waals surface area (Å²) in [6, 6.07) is 8.38. The molecule has 2 aromatic heterocycles. The summed E-state index contributed by atoms with van der Waals surface area (Å²) < 4.78 is 29.6. The zero-order valence-electron chi connectivity index (χ0n) is 17.0. The van der Waals surface area contributed by atoms with Gasteiger partial charge >= 0.3 is 0 Å². The summed E-state index contributed by atoms with van der Waals surface area (Å²) in [4.78, 5) is 9.64. The van der Waals surface area contributed by atoms with Crippen LogP contribution in [-0.4, -0.2) is 45.1 Å². The molecular formula is C21H21N7O2S. The van der Waals surface area contributed by atoms with E-state index in [0.29, 0.717) is 36.2 Å². The average Bonchev–Trinajstić information content (AvgIpc) is 3.50. The first kappa shape index (κ1) is 19.7. The Morgan fingerprint density at radius 3 is 2.61 bits per heavy atom. The lowest BCUT2D eigenvalue weighted by Crippen LogP contribution is -2.37. The van der Waals surface area contributed by atoms with Crippen LogP contribution in [-0.2, 0) is 30.0 Å². The van der Waals surface area contributed by atoms with Crippen LogP contribution in [0.25, 0.3) is 11.4 Å². The maximum absolute atomic E-state index is 13.2. The van der Waals surface area contributed by atoms with Gasteiger partial charge in [-0.25, -0.2) is 18.4 Å². The van der Waals surface area contributed by atoms with Crippen LogP contribution in [0.4, 0.5) is 5.82 Å². The standard InChI is InChI=1S/C21H21N7O2S/c1-27-12-15(11-23-27)20-25-19-8-9-28(13-18(19)21(26-20)24-16-4-5-16)31(29,30)17-6-2-14(10-22)3-7-17/h2-3,6-7,11-12,16H,4-5,8-9,13H2,1H3,(H,24,25,26). The van der Waals surface area contributed by atoms with Crippen LogP contribution >= 0.6 is 0 Å². The normalized spacial score (nSPS) is 16.5. The monoisotopic (exact) mass is 435 g/mol. The van der Waals surface area contributed by atoms with Gasteiger partial charge in [-0.1, -0.05) is 0 Å². The fourth-order valence-corrected chi connectivity index (χ4v) is 5.06. The molecule has 5 rings (SSSR count). The summed E-state index contributed by atoms with van der Waals surface area (Å²) in [5, 5.41) is 16.6. The molecule has 0 radical (unpaired) electrons. The number of aromatic nitrogens is 4. The second-order valence-corrected chi connectivity index (χ2v) is 9.81. The molecule has 0 bridgehead atoms. The van der Waals surface area contributed by atoms with E-state index in [4.69, 9.17) is 15.2 Å². The van der Waals surface area contributed by atoms with Crippen molar-refractivity contribution in [2.75, 3.05) is 11.9 Å². The molecule has 2 aliphatic rings. The number of sulfonamides is 1. The third-order valence-corrected chi connectivity index (χ3v) is 7.39. The van der Waals surface area contributed by atoms with Gasteiger partial charge in [-0.15, -0.1) is 0 Å². The summed E-state index contributed by atoms with van der Waals surface area (Å²) in [5.41, 5.74) is 2.94. The number of benzene rings is 1. The Kier molecular flexibility index (Phi) is 4.72. The highest BCUT2D eigenvalue weighted by Crippen LogP contribution is 2.33. The molecule has 1 saturated carbocycles. The molecule has 9 nitrogen and oxygen atoms in total. The van der Waals surface area contributed by atoms with E-state index >= 15 is 0 Å². The van der Waals surface area contributed by atoms with Crippen molar-refractivity contribution < 1.29 is 8.42 Å². The van der Waals surface area contributed by atoms with Gasteiger partial charge in [-0.05, 0) is 37.1 Å². The second kappa shape index (κ2) is 7.44. The molecule has 1 aliphatic carbocycles. The van der Waals surface area contributed by atoms with E-state index in [0.717, 1.165) is 29.7 Å². The maximum atomic E-state index is 13.2. The highest BCUT2D eigenvalue weighted by Gasteiger charge is 2.33. The Morgan fingerprint density at radius 2 is 1.97 bits per heavy atom. The number of nitriles is 1. The fourth-order valence-electron chi connectivity index (χ4n) is 3.65. The smallest absolute Gasteiger partial charge is 0.243 e. The summed E-state index contributed by atoms with van der Waals surface area (Å²) in [5.74, 6) is 1.30. The van der Waals surface area contributed by atoms with Crippen molar-refractivity contribution in [3.8, 4) is 17.5 Å². The van der Waals surface area contributed by atoms with Gasteiger partial charge in [0.1, 0.15) is 5.82 Å². The molecule has 1 fully saturated rings. The van der Waals surface area contributed by atoms with Gasteiger partial charge in [-0.2, -0.15) is 14.7 Å². The van der Waals surface area contributed by atoms with Gasteiger partial charge < -0.3 is 5.32 Å². The molecule has 1 aliphatic heterocycles. The third kappa shape index (κ3) is 3.78. The molecule has 3 aromatic rings. The minimum Gasteiger partial charge on any atom is -0.367 e. The molecule has 3 heterocycles. The van der Waals surface area contributed by atoms with Crippen LogP contribution in [0, 0.1) is 11.3 Å². The molecular weight excluding hydrogens is 414 g/mol. The molecule has 31 heavy (non-hydrogen) atoms. The van der Waals surface area contributed by atoms with Crippen LogP contribution in [0.3, 0.4) is 0 Å². The summed E-state index contributed by atoms with van der Waals surface area (Å²) in [6.07, 6.45) is 6.25. The van der Waals surface area contributed by atoms with Gasteiger partial charge in [0, 0.05) is 44.4 Å². The van der Waals surface area contributed by atoms with Gasteiger partial charge in [0.05, 0.1) is 34.0 Å². The van der Waals surface area contributed by atoms with Crippen molar-refractivity contribution in [2.24, 2.45) is 7.05 Å². The first-order chi connectivity index (χ1) is 14.9. The molecule has 0 unspecified atom stereocenters. The highest BCUT2D eigenvalue weighted by molar-refractivity contribution is 7.89. The molecule has 0 atom stereocenters. The molecule has 158 valence electrons. The Bertz CT molecular complexity index is 1290. The SMILES string of the molecule is Cn1cc(-c2nc3c(c(NC4CC4)n2)CN(S(=O)(=O)c2ccc(C#N)cc2)CC3)cn1. The zero-order valence-corrected chi connectivity index (χ0v) is 17.8. The van der Waals surface area contributed by atoms with Crippen molar-refractivity contribution in [3.63, 3.8) is 0 Å². The second-order valence-electron chi connectivity index (χ2n) is 7.87. The third-order valence-electron chi connectivity index (χ3n) is 5.53. The summed E-state index contributed by atoms with van der Waals surface area (Å²) in [6.45, 7) is 0.543. The molecule has 1 N–H and O–H groups in total. The van der Waals surface area contributed by atoms with Crippen molar-refractivity contribution >= 4 is 15.8 Å². The largest absolute Gasteiger partial charge is 0.367 e. The van der Waals surface area contributed by atoms with E-state index in [1.807, 2.05) is 19.3 Å². The van der Waals surface area contributed by atoms with Crippen LogP contribution in [0.2, 0.25) is 0 Å². The van der Waals surface area contributed by atoms with E-state index in [2.05, 4.69) is 10.4 Å². The number of hydrogen-bond donors (Lipinski definition) is 1. The van der Waals surface area contributed by atoms with Crippen LogP contribution in [0.15, 0.2) is 41.6 Å². The highest BCUT2D eigenvalue weighted by atomic mass is 32.2. The lowest BCUT2D eigenvalue weighted by Gasteiger charge is -2.29. The minimum atomic E-state index is -3.69. The number of hydrogen-bond acceptors (Lipinski definition) is 7. The minimum absolute atomic E-state index is 0.180. The predicted octanol–water partition coefficient (Wildman–Crippen LogP) is 2.07. The first-order valence-electron chi connectivity index (χ1n) is 10.1. The van der Waals surface area contributed by atoms with Gasteiger partial charge in [0.25, 0.3) is 0 Å². The first-order valence-corrected chi connectivity index (χ1v) is 11.5. The van der Waals surface area contributed by atoms with Gasteiger partial charge in [-0.3, -0.25) is 4.68 Å². The van der Waals surface area contributed by atoms with Crippen LogP contribution in [0.1, 0.15) is 29.7 Å². The number of nitrogens with one attached hydrogen (secondary N) is 1. The van der Waals surface area contributed by atoms with E-state index < -0.39 is 10.0 Å². The maximum Gasteiger partial charge on any atom is 0.243 e. The van der Waals surface area contributed by atoms with Crippen molar-refractivity contribution in [3.05, 3.63) is 53.5 Å². The van der Waals surface area contributed by atoms with E-state index in [9.17, 15) is 8.42 Å². The molecule has 0 saturated heterocycles. The summed E-state index contributed by atoms with van der Waals surface area (Å²) in [7, 11) is -1.85. The van der Waals surface area contributed by atoms with Crippen molar-refractivity contribution in [2.45, 2.75) is 36.7 Å². The molecule has 10 heteroatoms. The fraction of sp³-hybridized carbons (Fsp3) is 0.333. The quantitative estimate of drug-likeness (QED) is 0.652. The topological polar surface area (TPSA) is 117 Å². The lowest BCUT2D eigenvalue weighted by atomic mass is 10.1. The Labute approximate surface area is 180 Å². The van der Waals surface area contributed by atoms with Crippen molar-refractivity contribution in [1.29, 1.82) is 5.26 Å². The van der Waals surface area contributed by atoms with E-state index in [1.54, 1.807) is 10.9 Å². The number of nitrogens with zero attached hydrogens (tertiary/aromatic N) is 6. The lowest BCUT2D eigenvalue weighted by molar-refractivity contribution is 0.387. The van der Waals surface area contributed by atoms with Gasteiger partial charge in [0.15, 0.2) is 5.82 Å². The molecule has 0 spiro atoms. The van der Waals surface area contributed by atoms with Crippen molar-refractivity contribution in [1.82, 2.24) is 24.1 Å². The Balaban J connectivity index is 1.50. The average molecular weight is 436 g/mol. The number of anilines is 1. The Hall–Kier alpha value is -3.29. The molecule has 1 aromatic carbocycles. The molecule has 0 amide bonds. The van der Waals surface area contributed by atoms with Gasteiger partial charge in [0.2, 0.25) is 10.0 Å². The van der Waals surface area contributed by atoms with Crippen LogP contribution in [0.5, 0.6) is 0 Å². The summed E-state index contributed by atoms with van der Waals surface area (Å²) >= 11 is 0.